The smallest absolute Gasteiger partial charge is 0.264 e. The number of rotatable bonds is 4. The zero-order chi connectivity index (χ0) is 18.1. The summed E-state index contributed by atoms with van der Waals surface area (Å²) in [6.45, 7) is 6.59. The highest BCUT2D eigenvalue weighted by molar-refractivity contribution is 7.17. The van der Waals surface area contributed by atoms with Gasteiger partial charge >= 0.3 is 0 Å². The van der Waals surface area contributed by atoms with Crippen LogP contribution in [0, 0.1) is 0 Å². The minimum absolute atomic E-state index is 0.146. The Kier molecular flexibility index (Phi) is 4.78. The number of benzene rings is 1. The topological polar surface area (TPSA) is 41.4 Å². The van der Waals surface area contributed by atoms with Crippen LogP contribution in [0.4, 0.5) is 0 Å². The standard InChI is InChI=1S/C20H24N4OS/c1-3-10-24-16-7-5-4-6-15(16)21-19(24)17-8-9-18(26-17)20(25)23-13-11-22(2)12-14-23/h4-9H,3,10-14H2,1-2H3. The molecule has 1 amide bonds. The Hall–Kier alpha value is -2.18. The normalized spacial score (nSPS) is 15.7. The average molecular weight is 369 g/mol. The molecule has 0 atom stereocenters. The van der Waals surface area contributed by atoms with Gasteiger partial charge in [-0.3, -0.25) is 4.79 Å². The minimum atomic E-state index is 0.146. The van der Waals surface area contributed by atoms with E-state index < -0.39 is 0 Å². The maximum atomic E-state index is 12.8. The number of thiophene rings is 1. The van der Waals surface area contributed by atoms with Crippen molar-refractivity contribution in [3.8, 4) is 10.7 Å². The number of nitrogens with zero attached hydrogens (tertiary/aromatic N) is 4. The van der Waals surface area contributed by atoms with Crippen LogP contribution in [0.1, 0.15) is 23.0 Å². The van der Waals surface area contributed by atoms with Crippen LogP contribution in [0.15, 0.2) is 36.4 Å². The van der Waals surface area contributed by atoms with E-state index in [1.807, 2.05) is 23.1 Å². The minimum Gasteiger partial charge on any atom is -0.335 e. The van der Waals surface area contributed by atoms with Gasteiger partial charge < -0.3 is 14.4 Å². The van der Waals surface area contributed by atoms with Gasteiger partial charge in [0.25, 0.3) is 5.91 Å². The predicted molar refractivity (Wildman–Crippen MR) is 107 cm³/mol. The van der Waals surface area contributed by atoms with Crippen molar-refractivity contribution in [2.45, 2.75) is 19.9 Å². The highest BCUT2D eigenvalue weighted by atomic mass is 32.1. The number of aryl methyl sites for hydroxylation is 1. The molecule has 1 fully saturated rings. The van der Waals surface area contributed by atoms with Crippen molar-refractivity contribution in [2.75, 3.05) is 33.2 Å². The van der Waals surface area contributed by atoms with Crippen molar-refractivity contribution >= 4 is 28.3 Å². The maximum absolute atomic E-state index is 12.8. The summed E-state index contributed by atoms with van der Waals surface area (Å²) in [5.41, 5.74) is 2.17. The Labute approximate surface area is 157 Å². The van der Waals surface area contributed by atoms with Crippen molar-refractivity contribution in [3.63, 3.8) is 0 Å². The third-order valence-corrected chi connectivity index (χ3v) is 6.00. The second-order valence-electron chi connectivity index (χ2n) is 6.84. The number of carbonyl (C=O) groups excluding carboxylic acids is 1. The fourth-order valence-corrected chi connectivity index (χ4v) is 4.42. The van der Waals surface area contributed by atoms with Gasteiger partial charge in [-0.1, -0.05) is 19.1 Å². The molecule has 3 heterocycles. The zero-order valence-electron chi connectivity index (χ0n) is 15.3. The van der Waals surface area contributed by atoms with E-state index in [2.05, 4.69) is 41.6 Å². The molecule has 6 heteroatoms. The van der Waals surface area contributed by atoms with E-state index in [4.69, 9.17) is 4.98 Å². The highest BCUT2D eigenvalue weighted by Gasteiger charge is 2.23. The molecule has 0 bridgehead atoms. The number of fused-ring (bicyclic) bond motifs is 1. The van der Waals surface area contributed by atoms with Gasteiger partial charge in [0.1, 0.15) is 0 Å². The Morgan fingerprint density at radius 2 is 1.88 bits per heavy atom. The molecule has 1 aliphatic heterocycles. The van der Waals surface area contributed by atoms with Gasteiger partial charge in [0.15, 0.2) is 5.82 Å². The van der Waals surface area contributed by atoms with E-state index in [9.17, 15) is 4.79 Å². The van der Waals surface area contributed by atoms with Crippen LogP contribution >= 0.6 is 11.3 Å². The first-order chi connectivity index (χ1) is 12.7. The third kappa shape index (κ3) is 3.15. The Bertz CT molecular complexity index is 921. The SMILES string of the molecule is CCCn1c(-c2ccc(C(=O)N3CCN(C)CC3)s2)nc2ccccc21. The number of aromatic nitrogens is 2. The van der Waals surface area contributed by atoms with Crippen LogP contribution in [-0.4, -0.2) is 58.5 Å². The van der Waals surface area contributed by atoms with E-state index in [1.165, 1.54) is 0 Å². The molecule has 26 heavy (non-hydrogen) atoms. The van der Waals surface area contributed by atoms with Crippen molar-refractivity contribution < 1.29 is 4.79 Å². The lowest BCUT2D eigenvalue weighted by Gasteiger charge is -2.32. The molecule has 0 aliphatic carbocycles. The van der Waals surface area contributed by atoms with Gasteiger partial charge in [-0.15, -0.1) is 11.3 Å². The molecule has 0 radical (unpaired) electrons. The summed E-state index contributed by atoms with van der Waals surface area (Å²) in [6, 6.07) is 12.2. The largest absolute Gasteiger partial charge is 0.335 e. The maximum Gasteiger partial charge on any atom is 0.264 e. The lowest BCUT2D eigenvalue weighted by molar-refractivity contribution is 0.0669. The van der Waals surface area contributed by atoms with E-state index in [0.29, 0.717) is 0 Å². The van der Waals surface area contributed by atoms with Gasteiger partial charge in [0, 0.05) is 32.7 Å². The summed E-state index contributed by atoms with van der Waals surface area (Å²) in [5.74, 6) is 1.11. The first-order valence-corrected chi connectivity index (χ1v) is 10.0. The third-order valence-electron chi connectivity index (χ3n) is 4.93. The number of amides is 1. The molecular formula is C20H24N4OS. The molecule has 1 aliphatic rings. The van der Waals surface area contributed by atoms with Crippen LogP contribution in [0.5, 0.6) is 0 Å². The molecule has 0 saturated carbocycles. The number of hydrogen-bond acceptors (Lipinski definition) is 4. The first kappa shape index (κ1) is 17.2. The van der Waals surface area contributed by atoms with Crippen molar-refractivity contribution in [1.82, 2.24) is 19.4 Å². The molecule has 3 aromatic rings. The van der Waals surface area contributed by atoms with Gasteiger partial charge in [-0.25, -0.2) is 4.98 Å². The summed E-state index contributed by atoms with van der Waals surface area (Å²) >= 11 is 1.56. The van der Waals surface area contributed by atoms with Gasteiger partial charge in [-0.2, -0.15) is 0 Å². The molecule has 5 nitrogen and oxygen atoms in total. The molecule has 136 valence electrons. The zero-order valence-corrected chi connectivity index (χ0v) is 16.1. The van der Waals surface area contributed by atoms with Gasteiger partial charge in [0.05, 0.1) is 20.8 Å². The van der Waals surface area contributed by atoms with Crippen LogP contribution < -0.4 is 0 Å². The molecule has 0 spiro atoms. The number of para-hydroxylation sites is 2. The van der Waals surface area contributed by atoms with E-state index >= 15 is 0 Å². The summed E-state index contributed by atoms with van der Waals surface area (Å²) in [6.07, 6.45) is 1.05. The number of hydrogen-bond donors (Lipinski definition) is 0. The molecule has 0 N–H and O–H groups in total. The predicted octanol–water partition coefficient (Wildman–Crippen LogP) is 3.56. The highest BCUT2D eigenvalue weighted by Crippen LogP contribution is 2.31. The van der Waals surface area contributed by atoms with Crippen molar-refractivity contribution in [3.05, 3.63) is 41.3 Å². The molecule has 4 rings (SSSR count). The second kappa shape index (κ2) is 7.21. The Morgan fingerprint density at radius 3 is 2.65 bits per heavy atom. The number of imidazole rings is 1. The fourth-order valence-electron chi connectivity index (χ4n) is 3.45. The second-order valence-corrected chi connectivity index (χ2v) is 7.92. The molecule has 1 aromatic carbocycles. The molecular weight excluding hydrogens is 344 g/mol. The summed E-state index contributed by atoms with van der Waals surface area (Å²) in [4.78, 5) is 23.8. The Morgan fingerprint density at radius 1 is 1.12 bits per heavy atom. The first-order valence-electron chi connectivity index (χ1n) is 9.20. The molecule has 0 unspecified atom stereocenters. The summed E-state index contributed by atoms with van der Waals surface area (Å²) in [5, 5.41) is 0. The monoisotopic (exact) mass is 368 g/mol. The number of carbonyl (C=O) groups is 1. The number of likely N-dealkylation sites (N-methyl/N-ethyl adjacent to an activating group) is 1. The lowest BCUT2D eigenvalue weighted by atomic mass is 10.3. The molecule has 1 saturated heterocycles. The van der Waals surface area contributed by atoms with E-state index in [0.717, 1.165) is 65.8 Å². The van der Waals surface area contributed by atoms with Gasteiger partial charge in [-0.05, 0) is 37.7 Å². The quantitative estimate of drug-likeness (QED) is 0.707. The van der Waals surface area contributed by atoms with E-state index in [1.54, 1.807) is 11.3 Å². The fraction of sp³-hybridized carbons (Fsp3) is 0.400. The van der Waals surface area contributed by atoms with Crippen molar-refractivity contribution in [2.24, 2.45) is 0 Å². The van der Waals surface area contributed by atoms with Gasteiger partial charge in [0.2, 0.25) is 0 Å². The van der Waals surface area contributed by atoms with Crippen LogP contribution in [-0.2, 0) is 6.54 Å². The average Bonchev–Trinajstić information content (AvgIpc) is 3.27. The number of piperazine rings is 1. The summed E-state index contributed by atoms with van der Waals surface area (Å²) in [7, 11) is 2.10. The Balaban J connectivity index is 1.65. The summed E-state index contributed by atoms with van der Waals surface area (Å²) < 4.78 is 2.27. The van der Waals surface area contributed by atoms with Crippen LogP contribution in [0.25, 0.3) is 21.7 Å². The lowest BCUT2D eigenvalue weighted by Crippen LogP contribution is -2.46. The van der Waals surface area contributed by atoms with Crippen molar-refractivity contribution in [1.29, 1.82) is 0 Å². The van der Waals surface area contributed by atoms with Crippen LogP contribution in [0.3, 0.4) is 0 Å². The molecule has 2 aromatic heterocycles. The van der Waals surface area contributed by atoms with Crippen LogP contribution in [0.2, 0.25) is 0 Å². The van der Waals surface area contributed by atoms with E-state index in [-0.39, 0.29) is 5.91 Å².